The molecule has 1 spiro atoms. The number of hydrogen-bond acceptors (Lipinski definition) is 5. The predicted octanol–water partition coefficient (Wildman–Crippen LogP) is 6.99. The van der Waals surface area contributed by atoms with E-state index in [4.69, 9.17) is 32.9 Å². The highest BCUT2D eigenvalue weighted by molar-refractivity contribution is 6.32. The van der Waals surface area contributed by atoms with Gasteiger partial charge in [-0.15, -0.1) is 0 Å². The minimum atomic E-state index is -1.55. The second-order valence-corrected chi connectivity index (χ2v) is 12.1. The number of hydrogen-bond donors (Lipinski definition) is 1. The van der Waals surface area contributed by atoms with Gasteiger partial charge in [0.15, 0.2) is 11.2 Å². The number of ether oxygens (including phenoxy) is 1. The molecule has 0 aliphatic carbocycles. The number of amides is 2. The van der Waals surface area contributed by atoms with Crippen LogP contribution in [0.5, 0.6) is 5.75 Å². The van der Waals surface area contributed by atoms with Crippen LogP contribution in [0, 0.1) is 13.8 Å². The largest absolute Gasteiger partial charge is 0.496 e. The second-order valence-electron chi connectivity index (χ2n) is 11.3. The lowest BCUT2D eigenvalue weighted by molar-refractivity contribution is -0.119. The van der Waals surface area contributed by atoms with Gasteiger partial charge in [0.1, 0.15) is 11.6 Å². The molecule has 6 rings (SSSR count). The third kappa shape index (κ3) is 3.78. The Balaban J connectivity index is 1.73. The van der Waals surface area contributed by atoms with Gasteiger partial charge in [-0.05, 0) is 69.2 Å². The van der Waals surface area contributed by atoms with Gasteiger partial charge in [0.05, 0.1) is 24.1 Å². The highest BCUT2D eigenvalue weighted by atomic mass is 35.5. The monoisotopic (exact) mass is 603 g/mol. The Kier molecular flexibility index (Phi) is 6.55. The van der Waals surface area contributed by atoms with E-state index in [1.54, 1.807) is 42.3 Å². The van der Waals surface area contributed by atoms with Crippen LogP contribution in [0.15, 0.2) is 48.5 Å². The third-order valence-electron chi connectivity index (χ3n) is 8.11. The minimum Gasteiger partial charge on any atom is -0.496 e. The molecular weight excluding hydrogens is 573 g/mol. The number of carbonyl (C=O) groups is 2. The van der Waals surface area contributed by atoms with Gasteiger partial charge in [-0.2, -0.15) is 0 Å². The van der Waals surface area contributed by atoms with E-state index in [0.717, 1.165) is 22.4 Å². The van der Waals surface area contributed by atoms with Crippen molar-refractivity contribution >= 4 is 52.1 Å². The van der Waals surface area contributed by atoms with Crippen LogP contribution in [0.25, 0.3) is 11.4 Å². The molecule has 2 aliphatic rings. The zero-order valence-electron chi connectivity index (χ0n) is 24.5. The fraction of sp³-hybridized carbons (Fsp3) is 0.281. The SMILES string of the molecule is COc1cc(N(C)C)c(C)cc1-c1nc2c(n1C(C)C)[C@]1(C(=O)Nc3cc(Cl)ccc31)N(c1cc(Cl)ccc1C)C2=O. The molecule has 0 saturated carbocycles. The number of aromatic nitrogens is 2. The van der Waals surface area contributed by atoms with Gasteiger partial charge in [0, 0.05) is 53.2 Å². The van der Waals surface area contributed by atoms with Gasteiger partial charge < -0.3 is 19.5 Å². The lowest BCUT2D eigenvalue weighted by atomic mass is 9.86. The summed E-state index contributed by atoms with van der Waals surface area (Å²) < 4.78 is 7.84. The first-order valence-electron chi connectivity index (χ1n) is 13.6. The van der Waals surface area contributed by atoms with Crippen molar-refractivity contribution in [1.29, 1.82) is 0 Å². The van der Waals surface area contributed by atoms with Crippen molar-refractivity contribution in [2.24, 2.45) is 0 Å². The van der Waals surface area contributed by atoms with Crippen LogP contribution in [0.4, 0.5) is 17.1 Å². The number of nitrogens with one attached hydrogen (secondary N) is 1. The number of imidazole rings is 1. The van der Waals surface area contributed by atoms with E-state index in [1.165, 1.54) is 0 Å². The first-order chi connectivity index (χ1) is 19.9. The summed E-state index contributed by atoms with van der Waals surface area (Å²) in [7, 11) is 5.56. The Hall–Kier alpha value is -4.01. The summed E-state index contributed by atoms with van der Waals surface area (Å²) in [5, 5.41) is 3.93. The summed E-state index contributed by atoms with van der Waals surface area (Å²) in [6, 6.07) is 14.4. The van der Waals surface area contributed by atoms with Crippen molar-refractivity contribution in [3.63, 3.8) is 0 Å². The van der Waals surface area contributed by atoms with Gasteiger partial charge in [0.25, 0.3) is 11.8 Å². The number of nitrogens with zero attached hydrogens (tertiary/aromatic N) is 4. The average Bonchev–Trinajstić information content (AvgIpc) is 3.53. The molecule has 10 heteroatoms. The van der Waals surface area contributed by atoms with E-state index in [9.17, 15) is 9.59 Å². The van der Waals surface area contributed by atoms with Gasteiger partial charge >= 0.3 is 0 Å². The van der Waals surface area contributed by atoms with Crippen molar-refractivity contribution in [2.45, 2.75) is 39.3 Å². The molecule has 8 nitrogen and oxygen atoms in total. The zero-order valence-corrected chi connectivity index (χ0v) is 26.0. The molecule has 1 N–H and O–H groups in total. The number of fused-ring (bicyclic) bond motifs is 4. The number of benzene rings is 3. The highest BCUT2D eigenvalue weighted by Crippen LogP contribution is 2.55. The van der Waals surface area contributed by atoms with Crippen molar-refractivity contribution < 1.29 is 14.3 Å². The topological polar surface area (TPSA) is 79.7 Å². The third-order valence-corrected chi connectivity index (χ3v) is 8.58. The number of rotatable bonds is 5. The van der Waals surface area contributed by atoms with Crippen LogP contribution in [0.1, 0.15) is 52.8 Å². The molecule has 3 aromatic carbocycles. The van der Waals surface area contributed by atoms with Gasteiger partial charge in [-0.3, -0.25) is 14.5 Å². The van der Waals surface area contributed by atoms with Crippen molar-refractivity contribution in [3.05, 3.63) is 86.7 Å². The number of aryl methyl sites for hydroxylation is 2. The molecule has 1 aromatic heterocycles. The maximum atomic E-state index is 14.6. The van der Waals surface area contributed by atoms with Crippen molar-refractivity contribution in [2.75, 3.05) is 36.3 Å². The van der Waals surface area contributed by atoms with Gasteiger partial charge in [-0.1, -0.05) is 35.3 Å². The number of carbonyl (C=O) groups excluding carboxylic acids is 2. The Morgan fingerprint density at radius 2 is 1.67 bits per heavy atom. The molecule has 0 unspecified atom stereocenters. The van der Waals surface area contributed by atoms with E-state index < -0.39 is 11.4 Å². The number of anilines is 3. The van der Waals surface area contributed by atoms with Crippen molar-refractivity contribution in [1.82, 2.24) is 9.55 Å². The fourth-order valence-corrected chi connectivity index (χ4v) is 6.67. The molecule has 1 atom stereocenters. The molecule has 216 valence electrons. The maximum absolute atomic E-state index is 14.6. The molecule has 0 fully saturated rings. The summed E-state index contributed by atoms with van der Waals surface area (Å²) in [6.45, 7) is 7.94. The summed E-state index contributed by atoms with van der Waals surface area (Å²) in [5.74, 6) is 0.396. The van der Waals surface area contributed by atoms with Gasteiger partial charge in [0.2, 0.25) is 0 Å². The van der Waals surface area contributed by atoms with Crippen LogP contribution in [-0.2, 0) is 10.3 Å². The molecule has 3 heterocycles. The summed E-state index contributed by atoms with van der Waals surface area (Å²) >= 11 is 12.8. The molecule has 0 radical (unpaired) electrons. The maximum Gasteiger partial charge on any atom is 0.280 e. The molecule has 0 bridgehead atoms. The smallest absolute Gasteiger partial charge is 0.280 e. The summed E-state index contributed by atoms with van der Waals surface area (Å²) in [6.07, 6.45) is 0. The summed E-state index contributed by atoms with van der Waals surface area (Å²) in [4.78, 5) is 37.6. The molecule has 2 aliphatic heterocycles. The second kappa shape index (κ2) is 9.78. The van der Waals surface area contributed by atoms with Crippen molar-refractivity contribution in [3.8, 4) is 17.1 Å². The van der Waals surface area contributed by atoms with Crippen LogP contribution >= 0.6 is 23.2 Å². The lowest BCUT2D eigenvalue weighted by Crippen LogP contribution is -2.51. The highest BCUT2D eigenvalue weighted by Gasteiger charge is 2.64. The molecular formula is C32H31Cl2N5O3. The Morgan fingerprint density at radius 3 is 2.33 bits per heavy atom. The Bertz CT molecular complexity index is 1810. The van der Waals surface area contributed by atoms with E-state index in [1.807, 2.05) is 69.5 Å². The normalized spacial score (nSPS) is 17.2. The average molecular weight is 605 g/mol. The molecule has 2 amide bonds. The Morgan fingerprint density at radius 1 is 0.976 bits per heavy atom. The fourth-order valence-electron chi connectivity index (χ4n) is 6.33. The molecule has 0 saturated heterocycles. The molecule has 42 heavy (non-hydrogen) atoms. The molecule has 4 aromatic rings. The summed E-state index contributed by atoms with van der Waals surface area (Å²) in [5.41, 5.74) is 4.37. The van der Waals surface area contributed by atoms with E-state index in [0.29, 0.717) is 44.3 Å². The van der Waals surface area contributed by atoms with Crippen LogP contribution < -0.4 is 19.9 Å². The van der Waals surface area contributed by atoms with Crippen LogP contribution in [0.2, 0.25) is 10.0 Å². The van der Waals surface area contributed by atoms with E-state index >= 15 is 0 Å². The minimum absolute atomic E-state index is 0.177. The van der Waals surface area contributed by atoms with Crippen LogP contribution in [-0.4, -0.2) is 42.6 Å². The van der Waals surface area contributed by atoms with Crippen LogP contribution in [0.3, 0.4) is 0 Å². The van der Waals surface area contributed by atoms with E-state index in [2.05, 4.69) is 5.32 Å². The van der Waals surface area contributed by atoms with Gasteiger partial charge in [-0.25, -0.2) is 4.98 Å². The first-order valence-corrected chi connectivity index (χ1v) is 14.4. The predicted molar refractivity (Wildman–Crippen MR) is 168 cm³/mol. The number of halogens is 2. The lowest BCUT2D eigenvalue weighted by Gasteiger charge is -2.36. The van der Waals surface area contributed by atoms with E-state index in [-0.39, 0.29) is 17.6 Å². The zero-order chi connectivity index (χ0) is 30.2. The first kappa shape index (κ1) is 28.1. The number of methoxy groups -OCH3 is 1. The Labute approximate surface area is 254 Å². The quantitative estimate of drug-likeness (QED) is 0.266. The standard InChI is InChI=1S/C32H31Cl2N5O3/c1-16(2)38-28-27(36-29(38)21-12-18(4)24(37(5)6)15-26(21)42-7)30(40)39(25-14-20(34)9-8-17(25)3)32(28)22-11-10-19(33)13-23(22)35-31(32)41/h8-16H,1-7H3,(H,35,41)/t32-/m1/s1.